The van der Waals surface area contributed by atoms with Crippen molar-refractivity contribution in [1.82, 2.24) is 20.5 Å². The minimum atomic E-state index is 0.498. The molecule has 4 nitrogen and oxygen atoms in total. The first-order chi connectivity index (χ1) is 7.08. The molecule has 5 heteroatoms. The summed E-state index contributed by atoms with van der Waals surface area (Å²) in [7, 11) is 0. The van der Waals surface area contributed by atoms with Crippen molar-refractivity contribution in [3.05, 3.63) is 18.0 Å². The van der Waals surface area contributed by atoms with Crippen molar-refractivity contribution in [2.24, 2.45) is 0 Å². The van der Waals surface area contributed by atoms with Crippen LogP contribution >= 0.6 is 11.8 Å². The van der Waals surface area contributed by atoms with E-state index in [1.165, 1.54) is 0 Å². The molecule has 0 atom stereocenters. The Kier molecular flexibility index (Phi) is 4.84. The molecule has 1 heterocycles. The van der Waals surface area contributed by atoms with Crippen molar-refractivity contribution in [2.75, 3.05) is 12.3 Å². The van der Waals surface area contributed by atoms with Crippen LogP contribution in [-0.4, -0.2) is 33.5 Å². The Morgan fingerprint density at radius 1 is 1.60 bits per heavy atom. The molecule has 2 N–H and O–H groups in total. The average molecular weight is 226 g/mol. The van der Waals surface area contributed by atoms with E-state index in [9.17, 15) is 0 Å². The van der Waals surface area contributed by atoms with Crippen LogP contribution in [0.25, 0.3) is 0 Å². The number of nitrogens with zero attached hydrogens (tertiary/aromatic N) is 2. The van der Waals surface area contributed by atoms with Crippen molar-refractivity contribution in [1.29, 1.82) is 0 Å². The minimum absolute atomic E-state index is 0.498. The standard InChI is InChI=1S/C10H18N4S/c1-7(2)11-5-8(3)6-15-10-12-9(4)13-14-10/h7,11H,3,5-6H2,1-2,4H3,(H,12,13,14). The third-order valence-corrected chi connectivity index (χ3v) is 2.74. The van der Waals surface area contributed by atoms with Gasteiger partial charge in [-0.15, -0.1) is 5.10 Å². The number of rotatable bonds is 6. The van der Waals surface area contributed by atoms with Gasteiger partial charge in [0.25, 0.3) is 0 Å². The second-order valence-electron chi connectivity index (χ2n) is 3.78. The number of hydrogen-bond acceptors (Lipinski definition) is 4. The van der Waals surface area contributed by atoms with Gasteiger partial charge in [-0.05, 0) is 6.92 Å². The lowest BCUT2D eigenvalue weighted by Gasteiger charge is -2.09. The summed E-state index contributed by atoms with van der Waals surface area (Å²) in [5.74, 6) is 1.71. The van der Waals surface area contributed by atoms with E-state index in [1.54, 1.807) is 11.8 Å². The predicted molar refractivity (Wildman–Crippen MR) is 64.1 cm³/mol. The van der Waals surface area contributed by atoms with Gasteiger partial charge in [-0.3, -0.25) is 5.10 Å². The number of aromatic amines is 1. The molecule has 0 saturated heterocycles. The molecule has 0 aliphatic rings. The zero-order valence-corrected chi connectivity index (χ0v) is 10.3. The SMILES string of the molecule is C=C(CNC(C)C)CSc1n[nH]c(C)n1. The van der Waals surface area contributed by atoms with Gasteiger partial charge in [0.05, 0.1) is 0 Å². The van der Waals surface area contributed by atoms with Gasteiger partial charge < -0.3 is 5.32 Å². The maximum atomic E-state index is 4.21. The van der Waals surface area contributed by atoms with Crippen LogP contribution in [-0.2, 0) is 0 Å². The highest BCUT2D eigenvalue weighted by Gasteiger charge is 2.02. The zero-order chi connectivity index (χ0) is 11.3. The summed E-state index contributed by atoms with van der Waals surface area (Å²) < 4.78 is 0. The van der Waals surface area contributed by atoms with Crippen molar-refractivity contribution in [2.45, 2.75) is 32.0 Å². The third kappa shape index (κ3) is 4.99. The Morgan fingerprint density at radius 3 is 2.87 bits per heavy atom. The lowest BCUT2D eigenvalue weighted by atomic mass is 10.3. The molecule has 0 aromatic carbocycles. The number of thioether (sulfide) groups is 1. The van der Waals surface area contributed by atoms with Crippen LogP contribution in [0.5, 0.6) is 0 Å². The summed E-state index contributed by atoms with van der Waals surface area (Å²) >= 11 is 1.61. The fourth-order valence-corrected chi connectivity index (χ4v) is 1.70. The van der Waals surface area contributed by atoms with Crippen LogP contribution < -0.4 is 5.32 Å². The van der Waals surface area contributed by atoms with Crippen LogP contribution in [0.1, 0.15) is 19.7 Å². The summed E-state index contributed by atoms with van der Waals surface area (Å²) in [6.07, 6.45) is 0. The first-order valence-electron chi connectivity index (χ1n) is 4.99. The number of H-pyrrole nitrogens is 1. The number of nitrogens with one attached hydrogen (secondary N) is 2. The molecule has 1 aromatic heterocycles. The predicted octanol–water partition coefficient (Wildman–Crippen LogP) is 1.76. The quantitative estimate of drug-likeness (QED) is 0.573. The Hall–Kier alpha value is -0.810. The van der Waals surface area contributed by atoms with Crippen LogP contribution in [0.4, 0.5) is 0 Å². The van der Waals surface area contributed by atoms with E-state index < -0.39 is 0 Å². The minimum Gasteiger partial charge on any atom is -0.311 e. The van der Waals surface area contributed by atoms with Crippen LogP contribution in [0.2, 0.25) is 0 Å². The van der Waals surface area contributed by atoms with Gasteiger partial charge in [0.2, 0.25) is 5.16 Å². The summed E-state index contributed by atoms with van der Waals surface area (Å²) in [6, 6.07) is 0.498. The molecule has 0 spiro atoms. The Balaban J connectivity index is 2.22. The summed E-state index contributed by atoms with van der Waals surface area (Å²) in [5.41, 5.74) is 1.16. The molecule has 1 aromatic rings. The van der Waals surface area contributed by atoms with Gasteiger partial charge in [0.15, 0.2) is 0 Å². The topological polar surface area (TPSA) is 53.6 Å². The second-order valence-corrected chi connectivity index (χ2v) is 4.72. The van der Waals surface area contributed by atoms with Gasteiger partial charge in [-0.1, -0.05) is 37.8 Å². The molecule has 15 heavy (non-hydrogen) atoms. The largest absolute Gasteiger partial charge is 0.311 e. The van der Waals surface area contributed by atoms with E-state index in [4.69, 9.17) is 0 Å². The van der Waals surface area contributed by atoms with Crippen LogP contribution in [0, 0.1) is 6.92 Å². The van der Waals surface area contributed by atoms with Crippen molar-refractivity contribution in [3.63, 3.8) is 0 Å². The molecule has 1 rings (SSSR count). The molecule has 0 aliphatic carbocycles. The van der Waals surface area contributed by atoms with Crippen LogP contribution in [0.15, 0.2) is 17.3 Å². The highest BCUT2D eigenvalue weighted by Crippen LogP contribution is 2.14. The van der Waals surface area contributed by atoms with Crippen molar-refractivity contribution in [3.8, 4) is 0 Å². The average Bonchev–Trinajstić information content (AvgIpc) is 2.58. The van der Waals surface area contributed by atoms with Gasteiger partial charge in [0, 0.05) is 18.3 Å². The Labute approximate surface area is 95.0 Å². The Bertz CT molecular complexity index is 319. The van der Waals surface area contributed by atoms with E-state index >= 15 is 0 Å². The molecule has 0 fully saturated rings. The molecule has 84 valence electrons. The van der Waals surface area contributed by atoms with Gasteiger partial charge >= 0.3 is 0 Å². The number of hydrogen-bond donors (Lipinski definition) is 2. The van der Waals surface area contributed by atoms with Crippen molar-refractivity contribution < 1.29 is 0 Å². The normalized spacial score (nSPS) is 10.9. The maximum Gasteiger partial charge on any atom is 0.208 e. The van der Waals surface area contributed by atoms with Crippen molar-refractivity contribution >= 4 is 11.8 Å². The lowest BCUT2D eigenvalue weighted by Crippen LogP contribution is -2.25. The lowest BCUT2D eigenvalue weighted by molar-refractivity contribution is 0.623. The third-order valence-electron chi connectivity index (χ3n) is 1.74. The highest BCUT2D eigenvalue weighted by molar-refractivity contribution is 7.99. The fraction of sp³-hybridized carbons (Fsp3) is 0.600. The molecule has 0 radical (unpaired) electrons. The molecule has 0 saturated carbocycles. The van der Waals surface area contributed by atoms with E-state index in [2.05, 4.69) is 40.9 Å². The first-order valence-corrected chi connectivity index (χ1v) is 5.98. The van der Waals surface area contributed by atoms with E-state index in [0.717, 1.165) is 28.9 Å². The molecule has 0 bridgehead atoms. The van der Waals surface area contributed by atoms with Gasteiger partial charge in [-0.25, -0.2) is 4.98 Å². The highest BCUT2D eigenvalue weighted by atomic mass is 32.2. The van der Waals surface area contributed by atoms with Gasteiger partial charge in [-0.2, -0.15) is 0 Å². The molecular formula is C10H18N4S. The van der Waals surface area contributed by atoms with Crippen LogP contribution in [0.3, 0.4) is 0 Å². The zero-order valence-electron chi connectivity index (χ0n) is 9.50. The van der Waals surface area contributed by atoms with E-state index in [0.29, 0.717) is 6.04 Å². The molecule has 0 amide bonds. The maximum absolute atomic E-state index is 4.21. The summed E-state index contributed by atoms with van der Waals surface area (Å²) in [5, 5.41) is 11.0. The second kappa shape index (κ2) is 5.92. The number of aryl methyl sites for hydroxylation is 1. The molecular weight excluding hydrogens is 208 g/mol. The summed E-state index contributed by atoms with van der Waals surface area (Å²) in [4.78, 5) is 4.21. The fourth-order valence-electron chi connectivity index (χ4n) is 0.953. The van der Waals surface area contributed by atoms with E-state index in [1.807, 2.05) is 6.92 Å². The summed E-state index contributed by atoms with van der Waals surface area (Å²) in [6.45, 7) is 11.0. The molecule has 0 unspecified atom stereocenters. The monoisotopic (exact) mass is 226 g/mol. The first kappa shape index (κ1) is 12.3. The number of aromatic nitrogens is 3. The van der Waals surface area contributed by atoms with Gasteiger partial charge in [0.1, 0.15) is 5.82 Å². The Morgan fingerprint density at radius 2 is 2.33 bits per heavy atom. The molecule has 0 aliphatic heterocycles. The van der Waals surface area contributed by atoms with E-state index in [-0.39, 0.29) is 0 Å². The smallest absolute Gasteiger partial charge is 0.208 e.